The monoisotopic (exact) mass is 310 g/mol. The Bertz CT molecular complexity index is 443. The van der Waals surface area contributed by atoms with Crippen molar-refractivity contribution in [3.63, 3.8) is 0 Å². The van der Waals surface area contributed by atoms with Crippen LogP contribution in [0, 0.1) is 5.92 Å². The van der Waals surface area contributed by atoms with E-state index >= 15 is 0 Å². The van der Waals surface area contributed by atoms with E-state index in [1.807, 2.05) is 11.3 Å². The van der Waals surface area contributed by atoms with Crippen LogP contribution in [0.15, 0.2) is 0 Å². The maximum atomic E-state index is 4.90. The first-order valence-corrected chi connectivity index (χ1v) is 8.99. The lowest BCUT2D eigenvalue weighted by atomic mass is 10.1. The van der Waals surface area contributed by atoms with E-state index in [1.165, 1.54) is 22.1 Å². The van der Waals surface area contributed by atoms with Crippen molar-refractivity contribution in [3.8, 4) is 0 Å². The molecule has 0 aromatic carbocycles. The Kier molecular flexibility index (Phi) is 6.02. The molecule has 2 atom stereocenters. The van der Waals surface area contributed by atoms with Crippen LogP contribution in [0.25, 0.3) is 0 Å². The molecule has 1 aromatic rings. The molecule has 1 N–H and O–H groups in total. The maximum Gasteiger partial charge on any atom is 0.185 e. The summed E-state index contributed by atoms with van der Waals surface area (Å²) in [5.41, 5.74) is 1.28. The van der Waals surface area contributed by atoms with Crippen molar-refractivity contribution in [2.45, 2.75) is 46.2 Å². The number of nitrogens with one attached hydrogen (secondary N) is 1. The molecule has 0 bridgehead atoms. The Morgan fingerprint density at radius 1 is 1.33 bits per heavy atom. The highest BCUT2D eigenvalue weighted by Gasteiger charge is 2.32. The standard InChI is InChI=1S/C16H30N4S/c1-6-8-17-9-15-13(7-2)18-16(21-15)20-10-12(3)14(11-20)19(4)5/h12,14,17H,6-11H2,1-5H3. The number of aryl methyl sites for hydroxylation is 1. The van der Waals surface area contributed by atoms with Crippen molar-refractivity contribution < 1.29 is 0 Å². The molecular formula is C16H30N4S. The fourth-order valence-corrected chi connectivity index (χ4v) is 4.21. The summed E-state index contributed by atoms with van der Waals surface area (Å²) < 4.78 is 0. The number of anilines is 1. The average Bonchev–Trinajstić information content (AvgIpc) is 3.02. The topological polar surface area (TPSA) is 31.4 Å². The van der Waals surface area contributed by atoms with Gasteiger partial charge in [0.05, 0.1) is 5.69 Å². The zero-order valence-corrected chi connectivity index (χ0v) is 15.0. The highest BCUT2D eigenvalue weighted by Crippen LogP contribution is 2.31. The van der Waals surface area contributed by atoms with Gasteiger partial charge in [0.15, 0.2) is 5.13 Å². The van der Waals surface area contributed by atoms with Gasteiger partial charge in [-0.2, -0.15) is 0 Å². The van der Waals surface area contributed by atoms with Crippen molar-refractivity contribution >= 4 is 16.5 Å². The maximum absolute atomic E-state index is 4.90. The molecule has 0 spiro atoms. The molecular weight excluding hydrogens is 280 g/mol. The highest BCUT2D eigenvalue weighted by atomic mass is 32.1. The van der Waals surface area contributed by atoms with E-state index in [0.717, 1.165) is 32.6 Å². The smallest absolute Gasteiger partial charge is 0.185 e. The Labute approximate surface area is 133 Å². The van der Waals surface area contributed by atoms with Crippen molar-refractivity contribution in [2.24, 2.45) is 5.92 Å². The lowest BCUT2D eigenvalue weighted by Gasteiger charge is -2.22. The first-order valence-electron chi connectivity index (χ1n) is 8.17. The van der Waals surface area contributed by atoms with Gasteiger partial charge in [-0.05, 0) is 39.4 Å². The first kappa shape index (κ1) is 16.7. The van der Waals surface area contributed by atoms with Crippen molar-refractivity contribution in [3.05, 3.63) is 10.6 Å². The fourth-order valence-electron chi connectivity index (χ4n) is 3.08. The normalized spacial score (nSPS) is 22.5. The summed E-state index contributed by atoms with van der Waals surface area (Å²) in [7, 11) is 4.37. The van der Waals surface area contributed by atoms with E-state index in [0.29, 0.717) is 12.0 Å². The van der Waals surface area contributed by atoms with Crippen LogP contribution in [0.1, 0.15) is 37.8 Å². The van der Waals surface area contributed by atoms with E-state index in [9.17, 15) is 0 Å². The zero-order valence-electron chi connectivity index (χ0n) is 14.1. The summed E-state index contributed by atoms with van der Waals surface area (Å²) >= 11 is 1.88. The second-order valence-electron chi connectivity index (χ2n) is 6.31. The predicted octanol–water partition coefficient (Wildman–Crippen LogP) is 2.59. The van der Waals surface area contributed by atoms with E-state index < -0.39 is 0 Å². The Morgan fingerprint density at radius 2 is 2.10 bits per heavy atom. The number of nitrogens with zero attached hydrogens (tertiary/aromatic N) is 3. The van der Waals surface area contributed by atoms with Gasteiger partial charge in [-0.25, -0.2) is 4.98 Å². The molecule has 1 aromatic heterocycles. The van der Waals surface area contributed by atoms with Gasteiger partial charge in [-0.15, -0.1) is 11.3 Å². The summed E-state index contributed by atoms with van der Waals surface area (Å²) in [6, 6.07) is 0.639. The third-order valence-electron chi connectivity index (χ3n) is 4.32. The van der Waals surface area contributed by atoms with Gasteiger partial charge in [0.25, 0.3) is 0 Å². The minimum Gasteiger partial charge on any atom is -0.346 e. The number of likely N-dealkylation sites (N-methyl/N-ethyl adjacent to an activating group) is 1. The zero-order chi connectivity index (χ0) is 15.4. The second-order valence-corrected chi connectivity index (χ2v) is 7.37. The van der Waals surface area contributed by atoms with Crippen LogP contribution >= 0.6 is 11.3 Å². The molecule has 120 valence electrons. The molecule has 2 heterocycles. The predicted molar refractivity (Wildman–Crippen MR) is 92.3 cm³/mol. The van der Waals surface area contributed by atoms with Crippen molar-refractivity contribution in [2.75, 3.05) is 38.6 Å². The van der Waals surface area contributed by atoms with E-state index in [2.05, 4.69) is 50.0 Å². The Hall–Kier alpha value is -0.650. The van der Waals surface area contributed by atoms with E-state index in [4.69, 9.17) is 4.98 Å². The van der Waals surface area contributed by atoms with Gasteiger partial charge in [0, 0.05) is 30.6 Å². The van der Waals surface area contributed by atoms with Gasteiger partial charge >= 0.3 is 0 Å². The third kappa shape index (κ3) is 3.96. The van der Waals surface area contributed by atoms with Gasteiger partial charge in [-0.1, -0.05) is 20.8 Å². The second kappa shape index (κ2) is 7.56. The van der Waals surface area contributed by atoms with Crippen LogP contribution in [0.2, 0.25) is 0 Å². The van der Waals surface area contributed by atoms with Gasteiger partial charge in [0.2, 0.25) is 0 Å². The number of thiazole rings is 1. The molecule has 1 aliphatic rings. The molecule has 0 saturated carbocycles. The summed E-state index contributed by atoms with van der Waals surface area (Å²) in [4.78, 5) is 11.1. The van der Waals surface area contributed by atoms with Crippen molar-refractivity contribution in [1.29, 1.82) is 0 Å². The van der Waals surface area contributed by atoms with Crippen LogP contribution < -0.4 is 10.2 Å². The molecule has 4 nitrogen and oxygen atoms in total. The van der Waals surface area contributed by atoms with E-state index in [-0.39, 0.29) is 0 Å². The highest BCUT2D eigenvalue weighted by molar-refractivity contribution is 7.15. The molecule has 21 heavy (non-hydrogen) atoms. The summed E-state index contributed by atoms with van der Waals surface area (Å²) in [5.74, 6) is 0.704. The minimum atomic E-state index is 0.639. The molecule has 0 aliphatic carbocycles. The quantitative estimate of drug-likeness (QED) is 0.785. The largest absolute Gasteiger partial charge is 0.346 e. The molecule has 2 rings (SSSR count). The Morgan fingerprint density at radius 3 is 2.67 bits per heavy atom. The first-order chi connectivity index (χ1) is 10.1. The van der Waals surface area contributed by atoms with Crippen molar-refractivity contribution in [1.82, 2.24) is 15.2 Å². The molecule has 2 unspecified atom stereocenters. The SMILES string of the molecule is CCCNCc1sc(N2CC(C)C(N(C)C)C2)nc1CC. The Balaban J connectivity index is 2.07. The number of hydrogen-bond donors (Lipinski definition) is 1. The van der Waals surface area contributed by atoms with Crippen LogP contribution in [0.3, 0.4) is 0 Å². The van der Waals surface area contributed by atoms with Crippen LogP contribution in [-0.2, 0) is 13.0 Å². The summed E-state index contributed by atoms with van der Waals surface area (Å²) in [5, 5.41) is 4.73. The molecule has 0 amide bonds. The summed E-state index contributed by atoms with van der Waals surface area (Å²) in [6.45, 7) is 11.0. The fraction of sp³-hybridized carbons (Fsp3) is 0.812. The number of hydrogen-bond acceptors (Lipinski definition) is 5. The molecule has 1 saturated heterocycles. The van der Waals surface area contributed by atoms with Gasteiger partial charge in [-0.3, -0.25) is 0 Å². The molecule has 1 aliphatic heterocycles. The van der Waals surface area contributed by atoms with Gasteiger partial charge < -0.3 is 15.1 Å². The average molecular weight is 311 g/mol. The molecule has 1 fully saturated rings. The van der Waals surface area contributed by atoms with E-state index in [1.54, 1.807) is 0 Å². The lowest BCUT2D eigenvalue weighted by molar-refractivity contribution is 0.266. The summed E-state index contributed by atoms with van der Waals surface area (Å²) in [6.07, 6.45) is 2.21. The number of rotatable bonds is 7. The van der Waals surface area contributed by atoms with Crippen LogP contribution in [-0.4, -0.2) is 49.7 Å². The molecule has 5 heteroatoms. The molecule has 0 radical (unpaired) electrons. The van der Waals surface area contributed by atoms with Crippen LogP contribution in [0.5, 0.6) is 0 Å². The minimum absolute atomic E-state index is 0.639. The number of aromatic nitrogens is 1. The lowest BCUT2D eigenvalue weighted by Crippen LogP contribution is -2.34. The van der Waals surface area contributed by atoms with Gasteiger partial charge in [0.1, 0.15) is 0 Å². The van der Waals surface area contributed by atoms with Crippen LogP contribution in [0.4, 0.5) is 5.13 Å². The third-order valence-corrected chi connectivity index (χ3v) is 5.48.